The van der Waals surface area contributed by atoms with Crippen molar-refractivity contribution >= 4 is 39.5 Å². The molecule has 0 amide bonds. The van der Waals surface area contributed by atoms with Crippen LogP contribution in [-0.2, 0) is 65.4 Å². The fourth-order valence-electron chi connectivity index (χ4n) is 14.1. The first-order valence-corrected chi connectivity index (χ1v) is 49.3. The highest BCUT2D eigenvalue weighted by Crippen LogP contribution is 2.45. The lowest BCUT2D eigenvalue weighted by Crippen LogP contribution is -2.30. The minimum atomic E-state index is -4.97. The number of esters is 4. The molecule has 0 aromatic rings. The molecular weight excluding hydrogens is 1410 g/mol. The molecule has 0 aromatic carbocycles. The summed E-state index contributed by atoms with van der Waals surface area (Å²) in [7, 11) is -9.93. The molecule has 0 saturated heterocycles. The minimum Gasteiger partial charge on any atom is -0.462 e. The lowest BCUT2D eigenvalue weighted by atomic mass is 10.0. The SMILES string of the molecule is CCCCCCCCCCCCCCCCCCCCCCCCC(=O)O[C@H](COC(=O)CCCCCCCCCCCCCCCCCCCCC(C)C)COP(=O)(O)OC[C@@H](O)COP(=O)(O)OC[C@@H](COC(=O)CCCCCCCCCCCC(C)C)OC(=O)CCCCCCCCCCCCCC(C)C. The number of phosphoric acid groups is 2. The molecule has 648 valence electrons. The van der Waals surface area contributed by atoms with E-state index in [0.717, 1.165) is 108 Å². The summed E-state index contributed by atoms with van der Waals surface area (Å²) in [5.74, 6) is 0.231. The summed E-state index contributed by atoms with van der Waals surface area (Å²) in [5, 5.41) is 10.7. The topological polar surface area (TPSA) is 237 Å². The minimum absolute atomic E-state index is 0.106. The Morgan fingerprint density at radius 2 is 0.422 bits per heavy atom. The van der Waals surface area contributed by atoms with Gasteiger partial charge >= 0.3 is 39.5 Å². The Labute approximate surface area is 670 Å². The normalized spacial score (nSPS) is 13.8. The number of carbonyl (C=O) groups is 4. The van der Waals surface area contributed by atoms with E-state index in [-0.39, 0.29) is 25.7 Å². The quantitative estimate of drug-likeness (QED) is 0.0222. The molecule has 0 rings (SSSR count). The number of unbranched alkanes of at least 4 members (excludes halogenated alkanes) is 56. The van der Waals surface area contributed by atoms with E-state index >= 15 is 0 Å². The summed E-state index contributed by atoms with van der Waals surface area (Å²) < 4.78 is 69.0. The number of hydrogen-bond donors (Lipinski definition) is 3. The number of hydrogen-bond acceptors (Lipinski definition) is 15. The predicted molar refractivity (Wildman–Crippen MR) is 451 cm³/mol. The number of phosphoric ester groups is 2. The van der Waals surface area contributed by atoms with Gasteiger partial charge in [0.15, 0.2) is 12.2 Å². The van der Waals surface area contributed by atoms with Crippen LogP contribution in [0.5, 0.6) is 0 Å². The van der Waals surface area contributed by atoms with Crippen LogP contribution >= 0.6 is 15.6 Å². The van der Waals surface area contributed by atoms with Gasteiger partial charge in [-0.1, -0.05) is 427 Å². The third kappa shape index (κ3) is 83.8. The zero-order chi connectivity index (χ0) is 80.0. The van der Waals surface area contributed by atoms with Gasteiger partial charge < -0.3 is 33.8 Å². The summed E-state index contributed by atoms with van der Waals surface area (Å²) >= 11 is 0. The van der Waals surface area contributed by atoms with Crippen LogP contribution in [0.3, 0.4) is 0 Å². The zero-order valence-corrected chi connectivity index (χ0v) is 73.8. The highest BCUT2D eigenvalue weighted by Gasteiger charge is 2.31. The van der Waals surface area contributed by atoms with Crippen molar-refractivity contribution in [1.82, 2.24) is 0 Å². The van der Waals surface area contributed by atoms with Gasteiger partial charge in [0.25, 0.3) is 0 Å². The van der Waals surface area contributed by atoms with E-state index < -0.39 is 97.5 Å². The van der Waals surface area contributed by atoms with Crippen LogP contribution in [0.2, 0.25) is 0 Å². The maximum Gasteiger partial charge on any atom is 0.472 e. The van der Waals surface area contributed by atoms with Crippen LogP contribution in [0.4, 0.5) is 0 Å². The number of aliphatic hydroxyl groups excluding tert-OH is 1. The van der Waals surface area contributed by atoms with Gasteiger partial charge in [-0.25, -0.2) is 9.13 Å². The molecular formula is C90H176O17P2. The van der Waals surface area contributed by atoms with Gasteiger partial charge in [-0.2, -0.15) is 0 Å². The summed E-state index contributed by atoms with van der Waals surface area (Å²) in [6, 6.07) is 0. The van der Waals surface area contributed by atoms with Crippen molar-refractivity contribution < 1.29 is 80.2 Å². The van der Waals surface area contributed by atoms with Crippen molar-refractivity contribution in [3.8, 4) is 0 Å². The molecule has 0 aliphatic heterocycles. The molecule has 19 heteroatoms. The average Bonchev–Trinajstić information content (AvgIpc) is 0.896. The highest BCUT2D eigenvalue weighted by molar-refractivity contribution is 7.47. The number of rotatable bonds is 88. The Kier molecular flexibility index (Phi) is 78.5. The molecule has 2 unspecified atom stereocenters. The van der Waals surface area contributed by atoms with Crippen molar-refractivity contribution in [3.05, 3.63) is 0 Å². The Morgan fingerprint density at radius 1 is 0.248 bits per heavy atom. The van der Waals surface area contributed by atoms with E-state index in [1.807, 2.05) is 0 Å². The monoisotopic (exact) mass is 1590 g/mol. The lowest BCUT2D eigenvalue weighted by Gasteiger charge is -2.21. The van der Waals surface area contributed by atoms with Crippen LogP contribution in [0.25, 0.3) is 0 Å². The van der Waals surface area contributed by atoms with E-state index in [9.17, 15) is 43.2 Å². The molecule has 0 aliphatic rings. The number of carbonyl (C=O) groups excluding carboxylic acids is 4. The molecule has 0 heterocycles. The first-order valence-electron chi connectivity index (χ1n) is 46.3. The third-order valence-corrected chi connectivity index (χ3v) is 23.0. The first kappa shape index (κ1) is 107. The van der Waals surface area contributed by atoms with Gasteiger partial charge in [0.2, 0.25) is 0 Å². The van der Waals surface area contributed by atoms with Gasteiger partial charge in [0, 0.05) is 25.7 Å². The van der Waals surface area contributed by atoms with Gasteiger partial charge in [-0.15, -0.1) is 0 Å². The smallest absolute Gasteiger partial charge is 0.462 e. The molecule has 0 fully saturated rings. The Morgan fingerprint density at radius 3 is 0.624 bits per heavy atom. The maximum atomic E-state index is 13.2. The van der Waals surface area contributed by atoms with Gasteiger partial charge in [0.1, 0.15) is 19.3 Å². The van der Waals surface area contributed by atoms with E-state index in [0.29, 0.717) is 25.7 Å². The van der Waals surface area contributed by atoms with Gasteiger partial charge in [0.05, 0.1) is 26.4 Å². The molecule has 0 saturated carbocycles. The van der Waals surface area contributed by atoms with Crippen molar-refractivity contribution in [2.24, 2.45) is 17.8 Å². The van der Waals surface area contributed by atoms with Crippen molar-refractivity contribution in [3.63, 3.8) is 0 Å². The summed E-state index contributed by atoms with van der Waals surface area (Å²) in [4.78, 5) is 73.4. The molecule has 0 aromatic heterocycles. The maximum absolute atomic E-state index is 13.2. The van der Waals surface area contributed by atoms with Gasteiger partial charge in [-0.05, 0) is 43.4 Å². The molecule has 0 bridgehead atoms. The van der Waals surface area contributed by atoms with Crippen molar-refractivity contribution in [2.75, 3.05) is 39.6 Å². The van der Waals surface area contributed by atoms with Gasteiger partial charge in [-0.3, -0.25) is 37.3 Å². The molecule has 0 radical (unpaired) electrons. The molecule has 5 atom stereocenters. The lowest BCUT2D eigenvalue weighted by molar-refractivity contribution is -0.161. The Balaban J connectivity index is 5.23. The van der Waals surface area contributed by atoms with Crippen LogP contribution in [0.1, 0.15) is 479 Å². The largest absolute Gasteiger partial charge is 0.472 e. The Hall–Kier alpha value is -1.94. The van der Waals surface area contributed by atoms with E-state index in [1.165, 1.54) is 289 Å². The van der Waals surface area contributed by atoms with Crippen LogP contribution in [-0.4, -0.2) is 96.7 Å². The summed E-state index contributed by atoms with van der Waals surface area (Å²) in [6.45, 7) is 12.0. The average molecular weight is 1590 g/mol. The fraction of sp³-hybridized carbons (Fsp3) is 0.956. The standard InChI is InChI=1S/C90H176O17P2/c1-8-9-10-11-12-13-14-15-16-17-18-19-20-21-26-29-32-37-44-52-59-66-73-89(94)106-85(77-100-87(92)71-64-57-50-43-36-31-28-25-23-22-24-27-30-34-40-47-54-61-68-81(2)3)79-104-108(96,97)102-75-84(91)76-103-109(98,99)105-80-86(78-101-88(93)72-65-58-51-46-39-42-49-56-63-70-83(6)7)107-90(95)74-67-60-53-45-38-33-35-41-48-55-62-69-82(4)5/h81-86,91H,8-80H2,1-7H3,(H,96,97)(H,98,99)/t84-,85-,86-/m1/s1. The number of aliphatic hydroxyl groups is 1. The van der Waals surface area contributed by atoms with Crippen LogP contribution in [0.15, 0.2) is 0 Å². The highest BCUT2D eigenvalue weighted by atomic mass is 31.2. The van der Waals surface area contributed by atoms with Crippen molar-refractivity contribution in [2.45, 2.75) is 497 Å². The van der Waals surface area contributed by atoms with Crippen molar-refractivity contribution in [1.29, 1.82) is 0 Å². The first-order chi connectivity index (χ1) is 52.7. The second-order valence-electron chi connectivity index (χ2n) is 33.8. The molecule has 17 nitrogen and oxygen atoms in total. The summed E-state index contributed by atoms with van der Waals surface area (Å²) in [6.07, 6.45) is 72.4. The Bertz CT molecular complexity index is 2100. The molecule has 3 N–H and O–H groups in total. The van der Waals surface area contributed by atoms with E-state index in [1.54, 1.807) is 0 Å². The third-order valence-electron chi connectivity index (χ3n) is 21.1. The second kappa shape index (κ2) is 79.9. The van der Waals surface area contributed by atoms with Crippen LogP contribution in [0, 0.1) is 17.8 Å². The zero-order valence-electron chi connectivity index (χ0n) is 72.0. The van der Waals surface area contributed by atoms with Crippen LogP contribution < -0.4 is 0 Å². The molecule has 109 heavy (non-hydrogen) atoms. The molecule has 0 aliphatic carbocycles. The predicted octanol–water partition coefficient (Wildman–Crippen LogP) is 27.6. The molecule has 0 spiro atoms. The summed E-state index contributed by atoms with van der Waals surface area (Å²) in [5.41, 5.74) is 0. The fourth-order valence-corrected chi connectivity index (χ4v) is 15.7. The second-order valence-corrected chi connectivity index (χ2v) is 36.7. The van der Waals surface area contributed by atoms with E-state index in [2.05, 4.69) is 48.5 Å². The number of ether oxygens (including phenoxy) is 4. The van der Waals surface area contributed by atoms with E-state index in [4.69, 9.17) is 37.0 Å².